The summed E-state index contributed by atoms with van der Waals surface area (Å²) in [6.45, 7) is 2.08. The molecule has 3 rings (SSSR count). The molecule has 1 aliphatic rings. The first kappa shape index (κ1) is 20.4. The van der Waals surface area contributed by atoms with Gasteiger partial charge in [-0.1, -0.05) is 30.3 Å². The minimum absolute atomic E-state index is 0. The van der Waals surface area contributed by atoms with Gasteiger partial charge in [0, 0.05) is 31.7 Å². The lowest BCUT2D eigenvalue weighted by atomic mass is 9.96. The van der Waals surface area contributed by atoms with Crippen LogP contribution in [0.25, 0.3) is 11.1 Å². The summed E-state index contributed by atoms with van der Waals surface area (Å²) < 4.78 is 0. The van der Waals surface area contributed by atoms with Gasteiger partial charge in [-0.25, -0.2) is 0 Å². The summed E-state index contributed by atoms with van der Waals surface area (Å²) in [4.78, 5) is 27.8. The van der Waals surface area contributed by atoms with Crippen LogP contribution in [0.2, 0.25) is 0 Å². The van der Waals surface area contributed by atoms with Crippen molar-refractivity contribution in [1.29, 1.82) is 0 Å². The van der Waals surface area contributed by atoms with Gasteiger partial charge in [-0.2, -0.15) is 0 Å². The number of benzene rings is 1. The lowest BCUT2D eigenvalue weighted by molar-refractivity contribution is -0.126. The van der Waals surface area contributed by atoms with E-state index in [2.05, 4.69) is 5.32 Å². The highest BCUT2D eigenvalue weighted by molar-refractivity contribution is 7.12. The lowest BCUT2D eigenvalue weighted by Gasteiger charge is -2.32. The van der Waals surface area contributed by atoms with Gasteiger partial charge in [-0.05, 0) is 29.9 Å². The molecular formula is C19H24ClN3O2S. The highest BCUT2D eigenvalue weighted by atomic mass is 35.5. The van der Waals surface area contributed by atoms with Crippen LogP contribution < -0.4 is 11.1 Å². The first-order valence-corrected chi connectivity index (χ1v) is 9.48. The first-order chi connectivity index (χ1) is 12.2. The third-order valence-corrected chi connectivity index (χ3v) is 5.37. The summed E-state index contributed by atoms with van der Waals surface area (Å²) in [5, 5.41) is 4.78. The summed E-state index contributed by atoms with van der Waals surface area (Å²) in [6.07, 6.45) is 1.66. The maximum absolute atomic E-state index is 13.0. The molecule has 1 saturated heterocycles. The standard InChI is InChI=1S/C19H23N3O2S.ClH/c20-9-10-21-18(23)15-7-4-11-22(13-15)19(24)17-16(8-12-25-17)14-5-2-1-3-6-14;/h1-3,5-6,8,12,15H,4,7,9-11,13,20H2,(H,21,23);1H. The van der Waals surface area contributed by atoms with Gasteiger partial charge >= 0.3 is 0 Å². The molecule has 3 N–H and O–H groups in total. The minimum atomic E-state index is -0.149. The molecular weight excluding hydrogens is 370 g/mol. The molecule has 0 bridgehead atoms. The average molecular weight is 394 g/mol. The van der Waals surface area contributed by atoms with Crippen LogP contribution in [-0.2, 0) is 4.79 Å². The van der Waals surface area contributed by atoms with Crippen molar-refractivity contribution in [2.45, 2.75) is 12.8 Å². The smallest absolute Gasteiger partial charge is 0.264 e. The minimum Gasteiger partial charge on any atom is -0.355 e. The maximum atomic E-state index is 13.0. The van der Waals surface area contributed by atoms with Crippen LogP contribution in [0.15, 0.2) is 41.8 Å². The van der Waals surface area contributed by atoms with Crippen molar-refractivity contribution < 1.29 is 9.59 Å². The zero-order valence-corrected chi connectivity index (χ0v) is 16.2. The highest BCUT2D eigenvalue weighted by Gasteiger charge is 2.30. The van der Waals surface area contributed by atoms with Crippen LogP contribution >= 0.6 is 23.7 Å². The second kappa shape index (κ2) is 9.71. The second-order valence-electron chi connectivity index (χ2n) is 6.20. The van der Waals surface area contributed by atoms with Gasteiger partial charge in [0.2, 0.25) is 5.91 Å². The van der Waals surface area contributed by atoms with E-state index in [-0.39, 0.29) is 30.1 Å². The number of piperidine rings is 1. The number of nitrogens with zero attached hydrogens (tertiary/aromatic N) is 1. The van der Waals surface area contributed by atoms with Crippen LogP contribution in [0.3, 0.4) is 0 Å². The fourth-order valence-electron chi connectivity index (χ4n) is 3.18. The molecule has 0 spiro atoms. The number of rotatable bonds is 5. The molecule has 0 radical (unpaired) electrons. The van der Waals surface area contributed by atoms with Crippen LogP contribution in [0.4, 0.5) is 0 Å². The summed E-state index contributed by atoms with van der Waals surface area (Å²) >= 11 is 1.46. The molecule has 0 aliphatic carbocycles. The van der Waals surface area contributed by atoms with E-state index in [1.165, 1.54) is 11.3 Å². The number of thiophene rings is 1. The number of hydrogen-bond acceptors (Lipinski definition) is 4. The molecule has 1 aromatic carbocycles. The van der Waals surface area contributed by atoms with Crippen LogP contribution in [0, 0.1) is 5.92 Å². The molecule has 1 unspecified atom stereocenters. The summed E-state index contributed by atoms with van der Waals surface area (Å²) in [5.74, 6) is -0.132. The molecule has 0 saturated carbocycles. The largest absolute Gasteiger partial charge is 0.355 e. The molecule has 7 heteroatoms. The topological polar surface area (TPSA) is 75.4 Å². The van der Waals surface area contributed by atoms with E-state index in [0.717, 1.165) is 28.8 Å². The van der Waals surface area contributed by atoms with Crippen molar-refractivity contribution in [3.63, 3.8) is 0 Å². The third-order valence-electron chi connectivity index (χ3n) is 4.47. The SMILES string of the molecule is Cl.NCCNC(=O)C1CCCN(C(=O)c2sccc2-c2ccccc2)C1. The van der Waals surface area contributed by atoms with Crippen molar-refractivity contribution >= 4 is 35.6 Å². The van der Waals surface area contributed by atoms with Crippen molar-refractivity contribution in [1.82, 2.24) is 10.2 Å². The molecule has 1 atom stereocenters. The van der Waals surface area contributed by atoms with E-state index in [0.29, 0.717) is 26.2 Å². The number of nitrogens with one attached hydrogen (secondary N) is 1. The Labute approximate surface area is 164 Å². The third kappa shape index (κ3) is 4.63. The van der Waals surface area contributed by atoms with Gasteiger partial charge < -0.3 is 16.0 Å². The fraction of sp³-hybridized carbons (Fsp3) is 0.368. The van der Waals surface area contributed by atoms with Gasteiger partial charge in [0.05, 0.1) is 10.8 Å². The Balaban J connectivity index is 0.00000243. The number of amides is 2. The number of carbonyl (C=O) groups is 2. The van der Waals surface area contributed by atoms with E-state index in [1.807, 2.05) is 46.7 Å². The van der Waals surface area contributed by atoms with Gasteiger partial charge in [0.15, 0.2) is 0 Å². The fourth-order valence-corrected chi connectivity index (χ4v) is 4.06. The molecule has 2 heterocycles. The zero-order chi connectivity index (χ0) is 17.6. The normalized spacial score (nSPS) is 16.7. The predicted molar refractivity (Wildman–Crippen MR) is 108 cm³/mol. The van der Waals surface area contributed by atoms with Crippen molar-refractivity contribution in [3.8, 4) is 11.1 Å². The van der Waals surface area contributed by atoms with Crippen molar-refractivity contribution in [2.24, 2.45) is 11.7 Å². The van der Waals surface area contributed by atoms with Crippen molar-refractivity contribution in [2.75, 3.05) is 26.2 Å². The number of carbonyl (C=O) groups excluding carboxylic acids is 2. The van der Waals surface area contributed by atoms with E-state index < -0.39 is 0 Å². The van der Waals surface area contributed by atoms with Gasteiger partial charge in [0.25, 0.3) is 5.91 Å². The molecule has 2 aromatic rings. The van der Waals surface area contributed by atoms with Gasteiger partial charge in [-0.15, -0.1) is 23.7 Å². The Bertz CT molecular complexity index is 735. The zero-order valence-electron chi connectivity index (χ0n) is 14.5. The number of nitrogens with two attached hydrogens (primary N) is 1. The number of hydrogen-bond donors (Lipinski definition) is 2. The summed E-state index contributed by atoms with van der Waals surface area (Å²) in [6, 6.07) is 11.9. The second-order valence-corrected chi connectivity index (χ2v) is 7.12. The monoisotopic (exact) mass is 393 g/mol. The average Bonchev–Trinajstić information content (AvgIpc) is 3.16. The summed E-state index contributed by atoms with van der Waals surface area (Å²) in [5.41, 5.74) is 7.45. The van der Waals surface area contributed by atoms with Crippen LogP contribution in [-0.4, -0.2) is 42.9 Å². The molecule has 1 fully saturated rings. The molecule has 140 valence electrons. The summed E-state index contributed by atoms with van der Waals surface area (Å²) in [7, 11) is 0. The van der Waals surface area contributed by atoms with Crippen molar-refractivity contribution in [3.05, 3.63) is 46.7 Å². The quantitative estimate of drug-likeness (QED) is 0.820. The Hall–Kier alpha value is -1.89. The van der Waals surface area contributed by atoms with E-state index in [4.69, 9.17) is 5.73 Å². The lowest BCUT2D eigenvalue weighted by Crippen LogP contribution is -2.46. The molecule has 1 aliphatic heterocycles. The molecule has 1 aromatic heterocycles. The Morgan fingerprint density at radius 2 is 2.00 bits per heavy atom. The number of halogens is 1. The first-order valence-electron chi connectivity index (χ1n) is 8.60. The maximum Gasteiger partial charge on any atom is 0.264 e. The van der Waals surface area contributed by atoms with E-state index >= 15 is 0 Å². The molecule has 5 nitrogen and oxygen atoms in total. The molecule has 2 amide bonds. The van der Waals surface area contributed by atoms with Gasteiger partial charge in [-0.3, -0.25) is 9.59 Å². The predicted octanol–water partition coefficient (Wildman–Crippen LogP) is 2.76. The van der Waals surface area contributed by atoms with Gasteiger partial charge in [0.1, 0.15) is 0 Å². The number of likely N-dealkylation sites (tertiary alicyclic amines) is 1. The highest BCUT2D eigenvalue weighted by Crippen LogP contribution is 2.30. The Morgan fingerprint density at radius 3 is 2.73 bits per heavy atom. The van der Waals surface area contributed by atoms with E-state index in [9.17, 15) is 9.59 Å². The Morgan fingerprint density at radius 1 is 1.23 bits per heavy atom. The molecule has 26 heavy (non-hydrogen) atoms. The van der Waals surface area contributed by atoms with E-state index in [1.54, 1.807) is 0 Å². The Kier molecular flexibility index (Phi) is 7.63. The van der Waals surface area contributed by atoms with Crippen LogP contribution in [0.5, 0.6) is 0 Å². The van der Waals surface area contributed by atoms with Crippen LogP contribution in [0.1, 0.15) is 22.5 Å².